The topological polar surface area (TPSA) is 44.4 Å². The molecular weight excluding hydrogens is 226 g/mol. The van der Waals surface area contributed by atoms with Gasteiger partial charge in [0.2, 0.25) is 5.91 Å². The fraction of sp³-hybridized carbons (Fsp3) is 0.929. The lowest BCUT2D eigenvalue weighted by atomic mass is 9.99. The highest BCUT2D eigenvalue weighted by Gasteiger charge is 2.28. The zero-order valence-electron chi connectivity index (χ0n) is 12.7. The number of carbonyl (C=O) groups excluding carboxylic acids is 1. The average Bonchev–Trinajstić information content (AvgIpc) is 2.21. The van der Waals surface area contributed by atoms with Gasteiger partial charge in [-0.1, -0.05) is 6.42 Å². The molecule has 0 aliphatic carbocycles. The van der Waals surface area contributed by atoms with E-state index in [0.717, 1.165) is 0 Å². The predicted octanol–water partition coefficient (Wildman–Crippen LogP) is 2.06. The first-order valence-electron chi connectivity index (χ1n) is 7.07. The summed E-state index contributed by atoms with van der Waals surface area (Å²) >= 11 is 0. The number of carbonyl (C=O) groups is 1. The molecule has 0 aromatic heterocycles. The number of hydrogen-bond donors (Lipinski definition) is 2. The minimum absolute atomic E-state index is 0.0625. The van der Waals surface area contributed by atoms with E-state index >= 15 is 0 Å². The summed E-state index contributed by atoms with van der Waals surface area (Å²) in [5.74, 6) is 0.0625. The van der Waals surface area contributed by atoms with E-state index in [1.54, 1.807) is 0 Å². The molecule has 1 saturated heterocycles. The van der Waals surface area contributed by atoms with Crippen molar-refractivity contribution in [1.29, 1.82) is 0 Å². The Morgan fingerprint density at radius 1 is 1.22 bits per heavy atom. The van der Waals surface area contributed by atoms with E-state index in [0.29, 0.717) is 12.1 Å². The fourth-order valence-corrected chi connectivity index (χ4v) is 2.44. The third-order valence-electron chi connectivity index (χ3n) is 3.43. The summed E-state index contributed by atoms with van der Waals surface area (Å²) in [6.07, 6.45) is 3.68. The summed E-state index contributed by atoms with van der Waals surface area (Å²) in [7, 11) is 0. The predicted molar refractivity (Wildman–Crippen MR) is 75.1 cm³/mol. The summed E-state index contributed by atoms with van der Waals surface area (Å²) in [4.78, 5) is 12.0. The van der Waals surface area contributed by atoms with Crippen LogP contribution in [0.5, 0.6) is 0 Å². The minimum atomic E-state index is -0.188. The van der Waals surface area contributed by atoms with E-state index < -0.39 is 0 Å². The van der Waals surface area contributed by atoms with Crippen molar-refractivity contribution in [2.24, 2.45) is 0 Å². The number of hydrogen-bond acceptors (Lipinski definition) is 3. The van der Waals surface area contributed by atoms with Gasteiger partial charge >= 0.3 is 0 Å². The molecule has 1 rings (SSSR count). The highest BCUT2D eigenvalue weighted by Crippen LogP contribution is 2.20. The van der Waals surface area contributed by atoms with Gasteiger partial charge in [0.25, 0.3) is 0 Å². The van der Waals surface area contributed by atoms with E-state index in [2.05, 4.69) is 29.6 Å². The summed E-state index contributed by atoms with van der Waals surface area (Å²) in [5.41, 5.74) is 3.19. The lowest BCUT2D eigenvalue weighted by molar-refractivity contribution is -0.126. The molecule has 4 nitrogen and oxygen atoms in total. The maximum Gasteiger partial charge on any atom is 0.238 e. The van der Waals surface area contributed by atoms with Crippen molar-refractivity contribution in [2.45, 2.75) is 84.5 Å². The molecule has 106 valence electrons. The van der Waals surface area contributed by atoms with Crippen molar-refractivity contribution in [2.75, 3.05) is 0 Å². The Balaban J connectivity index is 2.52. The molecule has 1 amide bonds. The molecular formula is C14H29N3O. The van der Waals surface area contributed by atoms with Gasteiger partial charge in [-0.25, -0.2) is 10.4 Å². The van der Waals surface area contributed by atoms with Crippen molar-refractivity contribution in [1.82, 2.24) is 15.8 Å². The van der Waals surface area contributed by atoms with Crippen LogP contribution in [0.25, 0.3) is 0 Å². The van der Waals surface area contributed by atoms with Gasteiger partial charge in [0.15, 0.2) is 0 Å². The van der Waals surface area contributed by atoms with Gasteiger partial charge in [-0.2, -0.15) is 0 Å². The molecule has 4 heteroatoms. The normalized spacial score (nSPS) is 27.9. The van der Waals surface area contributed by atoms with Crippen molar-refractivity contribution in [3.05, 3.63) is 0 Å². The first-order chi connectivity index (χ1) is 8.20. The molecule has 0 aromatic carbocycles. The van der Waals surface area contributed by atoms with Crippen molar-refractivity contribution >= 4 is 5.91 Å². The van der Waals surface area contributed by atoms with Gasteiger partial charge < -0.3 is 5.32 Å². The molecule has 3 atom stereocenters. The first kappa shape index (κ1) is 15.4. The second-order valence-electron chi connectivity index (χ2n) is 6.63. The third-order valence-corrected chi connectivity index (χ3v) is 3.43. The van der Waals surface area contributed by atoms with Crippen molar-refractivity contribution < 1.29 is 4.79 Å². The largest absolute Gasteiger partial charge is 0.350 e. The molecule has 0 radical (unpaired) electrons. The third kappa shape index (κ3) is 4.58. The van der Waals surface area contributed by atoms with Crippen molar-refractivity contribution in [3.63, 3.8) is 0 Å². The molecule has 0 spiro atoms. The Kier molecular flexibility index (Phi) is 5.17. The van der Waals surface area contributed by atoms with Gasteiger partial charge in [0.05, 0.1) is 6.04 Å². The Morgan fingerprint density at radius 2 is 1.72 bits per heavy atom. The molecule has 1 aliphatic heterocycles. The second kappa shape index (κ2) is 6.02. The molecule has 18 heavy (non-hydrogen) atoms. The average molecular weight is 255 g/mol. The summed E-state index contributed by atoms with van der Waals surface area (Å²) in [6.45, 7) is 12.4. The van der Waals surface area contributed by atoms with Crippen LogP contribution in [0.3, 0.4) is 0 Å². The first-order valence-corrected chi connectivity index (χ1v) is 7.07. The maximum absolute atomic E-state index is 12.0. The highest BCUT2D eigenvalue weighted by molar-refractivity contribution is 5.81. The Bertz CT molecular complexity index is 275. The Morgan fingerprint density at radius 3 is 2.17 bits per heavy atom. The quantitative estimate of drug-likeness (QED) is 0.811. The zero-order valence-corrected chi connectivity index (χ0v) is 12.7. The van der Waals surface area contributed by atoms with Crippen LogP contribution in [0.2, 0.25) is 0 Å². The highest BCUT2D eigenvalue weighted by atomic mass is 16.2. The summed E-state index contributed by atoms with van der Waals surface area (Å²) < 4.78 is 0. The van der Waals surface area contributed by atoms with Crippen LogP contribution >= 0.6 is 0 Å². The molecule has 0 bridgehead atoms. The zero-order chi connectivity index (χ0) is 13.9. The van der Waals surface area contributed by atoms with Crippen molar-refractivity contribution in [3.8, 4) is 0 Å². The van der Waals surface area contributed by atoms with Crippen LogP contribution in [0.1, 0.15) is 60.8 Å². The summed E-state index contributed by atoms with van der Waals surface area (Å²) in [5, 5.41) is 5.26. The van der Waals surface area contributed by atoms with Crippen LogP contribution in [-0.4, -0.2) is 34.6 Å². The van der Waals surface area contributed by atoms with E-state index in [4.69, 9.17) is 0 Å². The smallest absolute Gasteiger partial charge is 0.238 e. The number of hydrazine groups is 1. The number of rotatable bonds is 3. The van der Waals surface area contributed by atoms with Gasteiger partial charge in [0, 0.05) is 17.6 Å². The second-order valence-corrected chi connectivity index (χ2v) is 6.63. The van der Waals surface area contributed by atoms with Gasteiger partial charge in [-0.05, 0) is 54.4 Å². The fourth-order valence-electron chi connectivity index (χ4n) is 2.44. The lowest BCUT2D eigenvalue weighted by Crippen LogP contribution is -2.59. The van der Waals surface area contributed by atoms with E-state index in [-0.39, 0.29) is 17.5 Å². The Labute approximate surface area is 111 Å². The number of amides is 1. The summed E-state index contributed by atoms with van der Waals surface area (Å²) in [6, 6.07) is 0.810. The minimum Gasteiger partial charge on any atom is -0.350 e. The lowest BCUT2D eigenvalue weighted by Gasteiger charge is -2.40. The SMILES string of the molecule is CC(NN1C(C)CCCC1C)C(=O)NC(C)(C)C. The van der Waals surface area contributed by atoms with Crippen LogP contribution in [0.15, 0.2) is 0 Å². The van der Waals surface area contributed by atoms with Crippen LogP contribution in [0, 0.1) is 0 Å². The molecule has 1 heterocycles. The van der Waals surface area contributed by atoms with Gasteiger partial charge in [-0.3, -0.25) is 4.79 Å². The maximum atomic E-state index is 12.0. The molecule has 2 N–H and O–H groups in total. The molecule has 0 aromatic rings. The van der Waals surface area contributed by atoms with E-state index in [1.807, 2.05) is 27.7 Å². The molecule has 0 saturated carbocycles. The molecule has 1 aliphatic rings. The molecule has 1 fully saturated rings. The number of piperidine rings is 1. The monoisotopic (exact) mass is 255 g/mol. The van der Waals surface area contributed by atoms with Gasteiger partial charge in [-0.15, -0.1) is 0 Å². The number of nitrogens with one attached hydrogen (secondary N) is 2. The van der Waals surface area contributed by atoms with Crippen LogP contribution in [0.4, 0.5) is 0 Å². The van der Waals surface area contributed by atoms with E-state index in [9.17, 15) is 4.79 Å². The Hall–Kier alpha value is -0.610. The van der Waals surface area contributed by atoms with Gasteiger partial charge in [0.1, 0.15) is 0 Å². The standard InChI is InChI=1S/C14H29N3O/c1-10-8-7-9-11(2)17(10)16-12(3)13(18)15-14(4,5)6/h10-12,16H,7-9H2,1-6H3,(H,15,18). The molecule has 3 unspecified atom stereocenters. The number of nitrogens with zero attached hydrogens (tertiary/aromatic N) is 1. The van der Waals surface area contributed by atoms with Crippen LogP contribution in [-0.2, 0) is 4.79 Å². The van der Waals surface area contributed by atoms with Crippen LogP contribution < -0.4 is 10.7 Å². The van der Waals surface area contributed by atoms with E-state index in [1.165, 1.54) is 19.3 Å².